The Labute approximate surface area is 223 Å². The third-order valence-corrected chi connectivity index (χ3v) is 6.79. The third-order valence-electron chi connectivity index (χ3n) is 6.79. The molecule has 198 valence electrons. The quantitative estimate of drug-likeness (QED) is 0.295. The van der Waals surface area contributed by atoms with Crippen LogP contribution in [0.1, 0.15) is 16.7 Å². The van der Waals surface area contributed by atoms with Crippen LogP contribution in [0.2, 0.25) is 0 Å². The minimum atomic E-state index is -0.970. The molecule has 0 amide bonds. The number of rotatable bonds is 11. The van der Waals surface area contributed by atoms with Crippen molar-refractivity contribution in [1.82, 2.24) is 0 Å². The summed E-state index contributed by atoms with van der Waals surface area (Å²) in [4.78, 5) is 0. The Morgan fingerprint density at radius 2 is 1.26 bits per heavy atom. The minimum Gasteiger partial charge on any atom is -0.387 e. The average molecular weight is 515 g/mol. The molecule has 4 aromatic rings. The zero-order chi connectivity index (χ0) is 26.2. The van der Waals surface area contributed by atoms with Crippen LogP contribution >= 0.6 is 0 Å². The summed E-state index contributed by atoms with van der Waals surface area (Å²) in [6.45, 7) is 1.26. The van der Waals surface area contributed by atoms with Gasteiger partial charge in [-0.05, 0) is 33.5 Å². The van der Waals surface area contributed by atoms with Gasteiger partial charge in [0, 0.05) is 7.11 Å². The Hall–Kier alpha value is -3.10. The normalized spacial score (nSPS) is 23.5. The molecule has 0 radical (unpaired) electrons. The molecule has 0 aromatic heterocycles. The van der Waals surface area contributed by atoms with Gasteiger partial charge in [-0.2, -0.15) is 0 Å². The van der Waals surface area contributed by atoms with Crippen LogP contribution in [0.15, 0.2) is 103 Å². The first kappa shape index (κ1) is 26.5. The first-order chi connectivity index (χ1) is 18.7. The first-order valence-electron chi connectivity index (χ1n) is 12.9. The standard InChI is InChI=1S/C32H34O6/c1-34-32-31(37-21-24-12-6-3-7-13-24)30(36-20-23-10-4-2-5-11-23)29(33)28(38-32)22-35-19-25-16-17-26-14-8-9-15-27(26)18-25/h2-18,28-33H,19-22H2,1H3/t28-,29+,30+,31-,32-/m1/s1. The lowest BCUT2D eigenvalue weighted by molar-refractivity contribution is -0.315. The van der Waals surface area contributed by atoms with Gasteiger partial charge in [-0.3, -0.25) is 0 Å². The molecule has 1 N–H and O–H groups in total. The fraction of sp³-hybridized carbons (Fsp3) is 0.312. The van der Waals surface area contributed by atoms with Gasteiger partial charge in [-0.25, -0.2) is 0 Å². The average Bonchev–Trinajstić information content (AvgIpc) is 2.97. The second-order valence-electron chi connectivity index (χ2n) is 9.49. The lowest BCUT2D eigenvalue weighted by Gasteiger charge is -2.43. The van der Waals surface area contributed by atoms with Crippen molar-refractivity contribution < 1.29 is 28.8 Å². The Morgan fingerprint density at radius 1 is 0.658 bits per heavy atom. The second kappa shape index (κ2) is 13.1. The lowest BCUT2D eigenvalue weighted by Crippen LogP contribution is -2.60. The topological polar surface area (TPSA) is 66.4 Å². The van der Waals surface area contributed by atoms with Crippen molar-refractivity contribution in [3.05, 3.63) is 120 Å². The SMILES string of the molecule is CO[C@@H]1O[C@H](COCc2ccc3ccccc3c2)[C@H](O)[C@H](OCc2ccccc2)[C@H]1OCc1ccccc1. The summed E-state index contributed by atoms with van der Waals surface area (Å²) in [5.74, 6) is 0. The molecular formula is C32H34O6. The third kappa shape index (κ3) is 6.66. The Bertz CT molecular complexity index is 1260. The molecule has 1 aliphatic rings. The van der Waals surface area contributed by atoms with Gasteiger partial charge < -0.3 is 28.8 Å². The predicted molar refractivity (Wildman–Crippen MR) is 145 cm³/mol. The van der Waals surface area contributed by atoms with Gasteiger partial charge in [0.2, 0.25) is 0 Å². The summed E-state index contributed by atoms with van der Waals surface area (Å²) in [5, 5.41) is 13.7. The number of hydrogen-bond donors (Lipinski definition) is 1. The monoisotopic (exact) mass is 514 g/mol. The highest BCUT2D eigenvalue weighted by Gasteiger charge is 2.47. The summed E-state index contributed by atoms with van der Waals surface area (Å²) < 4.78 is 30.3. The molecule has 0 bridgehead atoms. The van der Waals surface area contributed by atoms with Gasteiger partial charge in [0.1, 0.15) is 24.4 Å². The van der Waals surface area contributed by atoms with Crippen LogP contribution in [0.5, 0.6) is 0 Å². The number of aliphatic hydroxyl groups is 1. The van der Waals surface area contributed by atoms with Crippen molar-refractivity contribution in [2.45, 2.75) is 50.5 Å². The summed E-state index contributed by atoms with van der Waals surface area (Å²) in [6, 6.07) is 34.2. The number of benzene rings is 4. The summed E-state index contributed by atoms with van der Waals surface area (Å²) in [5.41, 5.74) is 3.07. The summed E-state index contributed by atoms with van der Waals surface area (Å²) >= 11 is 0. The van der Waals surface area contributed by atoms with Crippen LogP contribution in [0.4, 0.5) is 0 Å². The number of ether oxygens (including phenoxy) is 5. The summed E-state index contributed by atoms with van der Waals surface area (Å²) in [7, 11) is 1.57. The molecule has 6 heteroatoms. The van der Waals surface area contributed by atoms with Crippen LogP contribution in [-0.4, -0.2) is 49.5 Å². The van der Waals surface area contributed by atoms with Crippen molar-refractivity contribution in [1.29, 1.82) is 0 Å². The van der Waals surface area contributed by atoms with Crippen molar-refractivity contribution >= 4 is 10.8 Å². The van der Waals surface area contributed by atoms with E-state index < -0.39 is 30.7 Å². The molecule has 4 aromatic carbocycles. The second-order valence-corrected chi connectivity index (χ2v) is 9.49. The van der Waals surface area contributed by atoms with Crippen LogP contribution in [0.3, 0.4) is 0 Å². The lowest BCUT2D eigenvalue weighted by atomic mass is 9.98. The highest BCUT2D eigenvalue weighted by atomic mass is 16.7. The smallest absolute Gasteiger partial charge is 0.186 e. The maximum Gasteiger partial charge on any atom is 0.186 e. The fourth-order valence-electron chi connectivity index (χ4n) is 4.74. The van der Waals surface area contributed by atoms with E-state index in [9.17, 15) is 5.11 Å². The molecule has 1 fully saturated rings. The highest BCUT2D eigenvalue weighted by molar-refractivity contribution is 5.82. The van der Waals surface area contributed by atoms with E-state index >= 15 is 0 Å². The van der Waals surface area contributed by atoms with Gasteiger partial charge >= 0.3 is 0 Å². The Kier molecular flexibility index (Phi) is 9.15. The summed E-state index contributed by atoms with van der Waals surface area (Å²) in [6.07, 6.45) is -3.64. The number of fused-ring (bicyclic) bond motifs is 1. The maximum absolute atomic E-state index is 11.4. The van der Waals surface area contributed by atoms with E-state index in [1.165, 1.54) is 5.39 Å². The van der Waals surface area contributed by atoms with Gasteiger partial charge in [-0.1, -0.05) is 97.1 Å². The van der Waals surface area contributed by atoms with Crippen LogP contribution in [-0.2, 0) is 43.5 Å². The molecule has 1 aliphatic heterocycles. The molecule has 38 heavy (non-hydrogen) atoms. The van der Waals surface area contributed by atoms with Crippen molar-refractivity contribution in [3.63, 3.8) is 0 Å². The van der Waals surface area contributed by atoms with Gasteiger partial charge in [-0.15, -0.1) is 0 Å². The molecule has 1 heterocycles. The van der Waals surface area contributed by atoms with E-state index in [-0.39, 0.29) is 6.61 Å². The molecule has 5 rings (SSSR count). The van der Waals surface area contributed by atoms with Crippen LogP contribution in [0.25, 0.3) is 10.8 Å². The fourth-order valence-corrected chi connectivity index (χ4v) is 4.74. The van der Waals surface area contributed by atoms with E-state index in [0.717, 1.165) is 22.1 Å². The number of methoxy groups -OCH3 is 1. The van der Waals surface area contributed by atoms with Gasteiger partial charge in [0.05, 0.1) is 26.4 Å². The molecule has 1 saturated heterocycles. The van der Waals surface area contributed by atoms with Gasteiger partial charge in [0.15, 0.2) is 6.29 Å². The molecule has 0 spiro atoms. The molecule has 0 unspecified atom stereocenters. The van der Waals surface area contributed by atoms with Crippen LogP contribution < -0.4 is 0 Å². The van der Waals surface area contributed by atoms with Crippen molar-refractivity contribution in [2.75, 3.05) is 13.7 Å². The molecular weight excluding hydrogens is 480 g/mol. The van der Waals surface area contributed by atoms with E-state index in [4.69, 9.17) is 23.7 Å². The maximum atomic E-state index is 11.4. The number of hydrogen-bond acceptors (Lipinski definition) is 6. The Balaban J connectivity index is 1.26. The van der Waals surface area contributed by atoms with Crippen LogP contribution in [0, 0.1) is 0 Å². The minimum absolute atomic E-state index is 0.185. The van der Waals surface area contributed by atoms with E-state index in [1.54, 1.807) is 7.11 Å². The van der Waals surface area contributed by atoms with E-state index in [2.05, 4.69) is 30.3 Å². The molecule has 6 nitrogen and oxygen atoms in total. The molecule has 0 aliphatic carbocycles. The zero-order valence-corrected chi connectivity index (χ0v) is 21.5. The van der Waals surface area contributed by atoms with E-state index in [0.29, 0.717) is 19.8 Å². The molecule has 0 saturated carbocycles. The van der Waals surface area contributed by atoms with E-state index in [1.807, 2.05) is 72.8 Å². The van der Waals surface area contributed by atoms with Crippen molar-refractivity contribution in [3.8, 4) is 0 Å². The zero-order valence-electron chi connectivity index (χ0n) is 21.5. The highest BCUT2D eigenvalue weighted by Crippen LogP contribution is 2.29. The number of aliphatic hydroxyl groups excluding tert-OH is 1. The largest absolute Gasteiger partial charge is 0.387 e. The first-order valence-corrected chi connectivity index (χ1v) is 12.9. The molecule has 5 atom stereocenters. The van der Waals surface area contributed by atoms with Crippen molar-refractivity contribution in [2.24, 2.45) is 0 Å². The predicted octanol–water partition coefficient (Wildman–Crippen LogP) is 5.26. The Morgan fingerprint density at radius 3 is 1.92 bits per heavy atom. The van der Waals surface area contributed by atoms with Gasteiger partial charge in [0.25, 0.3) is 0 Å².